The number of carbonyl (C=O) groups is 1. The SMILES string of the molecule is CCCCCCCC(=O)c1ccc(C(O)COCCOCCOCCOCCO)cc1. The summed E-state index contributed by atoms with van der Waals surface area (Å²) in [6.07, 6.45) is 5.50. The van der Waals surface area contributed by atoms with Crippen LogP contribution in [0, 0.1) is 0 Å². The fraction of sp³-hybridized carbons (Fsp3) is 0.708. The van der Waals surface area contributed by atoms with Gasteiger partial charge in [-0.15, -0.1) is 0 Å². The lowest BCUT2D eigenvalue weighted by atomic mass is 10.0. The van der Waals surface area contributed by atoms with Gasteiger partial charge in [0, 0.05) is 12.0 Å². The molecule has 0 bridgehead atoms. The summed E-state index contributed by atoms with van der Waals surface area (Å²) in [5.41, 5.74) is 1.43. The predicted octanol–water partition coefficient (Wildman–Crippen LogP) is 3.32. The lowest BCUT2D eigenvalue weighted by Crippen LogP contribution is -2.14. The molecule has 31 heavy (non-hydrogen) atoms. The fourth-order valence-corrected chi connectivity index (χ4v) is 2.94. The van der Waals surface area contributed by atoms with E-state index in [2.05, 4.69) is 6.92 Å². The molecule has 0 saturated heterocycles. The lowest BCUT2D eigenvalue weighted by molar-refractivity contribution is -0.0188. The van der Waals surface area contributed by atoms with E-state index in [1.54, 1.807) is 24.3 Å². The van der Waals surface area contributed by atoms with E-state index in [9.17, 15) is 9.90 Å². The average molecular weight is 441 g/mol. The molecule has 0 spiro atoms. The zero-order valence-electron chi connectivity index (χ0n) is 18.9. The number of hydrogen-bond donors (Lipinski definition) is 2. The van der Waals surface area contributed by atoms with E-state index in [1.807, 2.05) is 0 Å². The smallest absolute Gasteiger partial charge is 0.162 e. The zero-order chi connectivity index (χ0) is 22.6. The van der Waals surface area contributed by atoms with Gasteiger partial charge in [-0.2, -0.15) is 0 Å². The number of ketones is 1. The molecule has 7 heteroatoms. The van der Waals surface area contributed by atoms with Crippen LogP contribution in [0.5, 0.6) is 0 Å². The maximum Gasteiger partial charge on any atom is 0.162 e. The van der Waals surface area contributed by atoms with Crippen LogP contribution in [0.4, 0.5) is 0 Å². The van der Waals surface area contributed by atoms with Gasteiger partial charge in [0.25, 0.3) is 0 Å². The van der Waals surface area contributed by atoms with Crippen molar-refractivity contribution in [2.24, 2.45) is 0 Å². The van der Waals surface area contributed by atoms with E-state index in [-0.39, 0.29) is 19.0 Å². The van der Waals surface area contributed by atoms with Gasteiger partial charge in [0.2, 0.25) is 0 Å². The van der Waals surface area contributed by atoms with Crippen LogP contribution >= 0.6 is 0 Å². The third-order valence-electron chi connectivity index (χ3n) is 4.75. The third kappa shape index (κ3) is 14.4. The molecule has 0 amide bonds. The van der Waals surface area contributed by atoms with E-state index in [4.69, 9.17) is 24.1 Å². The molecule has 0 aliphatic carbocycles. The van der Waals surface area contributed by atoms with Gasteiger partial charge in [0.15, 0.2) is 5.78 Å². The average Bonchev–Trinajstić information content (AvgIpc) is 2.79. The number of carbonyl (C=O) groups excluding carboxylic acids is 1. The van der Waals surface area contributed by atoms with Gasteiger partial charge >= 0.3 is 0 Å². The molecular formula is C24H40O7. The van der Waals surface area contributed by atoms with E-state index < -0.39 is 6.10 Å². The first-order valence-electron chi connectivity index (χ1n) is 11.4. The highest BCUT2D eigenvalue weighted by Gasteiger charge is 2.10. The Labute approximate surface area is 186 Å². The van der Waals surface area contributed by atoms with E-state index in [0.29, 0.717) is 58.2 Å². The van der Waals surface area contributed by atoms with Crippen LogP contribution in [-0.4, -0.2) is 75.5 Å². The molecule has 1 unspecified atom stereocenters. The number of Topliss-reactive ketones (excluding diaryl/α,β-unsaturated/α-hetero) is 1. The van der Waals surface area contributed by atoms with E-state index in [0.717, 1.165) is 18.4 Å². The van der Waals surface area contributed by atoms with Crippen molar-refractivity contribution in [1.29, 1.82) is 0 Å². The Kier molecular flexibility index (Phi) is 17.3. The second kappa shape index (κ2) is 19.3. The zero-order valence-corrected chi connectivity index (χ0v) is 18.9. The van der Waals surface area contributed by atoms with Gasteiger partial charge in [-0.3, -0.25) is 4.79 Å². The highest BCUT2D eigenvalue weighted by Crippen LogP contribution is 2.16. The summed E-state index contributed by atoms with van der Waals surface area (Å²) in [4.78, 5) is 12.2. The summed E-state index contributed by atoms with van der Waals surface area (Å²) in [5, 5.41) is 18.8. The van der Waals surface area contributed by atoms with Crippen molar-refractivity contribution in [1.82, 2.24) is 0 Å². The van der Waals surface area contributed by atoms with Crippen molar-refractivity contribution < 1.29 is 34.0 Å². The van der Waals surface area contributed by atoms with Gasteiger partial charge in [-0.25, -0.2) is 0 Å². The quantitative estimate of drug-likeness (QED) is 0.224. The summed E-state index contributed by atoms with van der Waals surface area (Å²) >= 11 is 0. The fourth-order valence-electron chi connectivity index (χ4n) is 2.94. The van der Waals surface area contributed by atoms with Crippen molar-refractivity contribution in [3.63, 3.8) is 0 Å². The van der Waals surface area contributed by atoms with Crippen LogP contribution in [0.3, 0.4) is 0 Å². The first kappa shape index (κ1) is 27.7. The molecule has 2 N–H and O–H groups in total. The van der Waals surface area contributed by atoms with Gasteiger partial charge in [-0.1, -0.05) is 56.9 Å². The Balaban J connectivity index is 2.07. The third-order valence-corrected chi connectivity index (χ3v) is 4.75. The Morgan fingerprint density at radius 2 is 1.35 bits per heavy atom. The summed E-state index contributed by atoms with van der Waals surface area (Å²) < 4.78 is 21.2. The number of hydrogen-bond acceptors (Lipinski definition) is 7. The van der Waals surface area contributed by atoms with Gasteiger partial charge in [0.05, 0.1) is 59.5 Å². The molecule has 1 aromatic carbocycles. The first-order chi connectivity index (χ1) is 15.2. The summed E-state index contributed by atoms with van der Waals surface area (Å²) in [6, 6.07) is 7.14. The second-order valence-electron chi connectivity index (χ2n) is 7.36. The maximum atomic E-state index is 12.2. The van der Waals surface area contributed by atoms with Gasteiger partial charge < -0.3 is 29.2 Å². The van der Waals surface area contributed by atoms with Gasteiger partial charge in [0.1, 0.15) is 6.10 Å². The number of aliphatic hydroxyl groups excluding tert-OH is 2. The first-order valence-corrected chi connectivity index (χ1v) is 11.4. The van der Waals surface area contributed by atoms with E-state index >= 15 is 0 Å². The summed E-state index contributed by atoms with van der Waals surface area (Å²) in [6.45, 7) is 5.34. The molecule has 1 aromatic rings. The van der Waals surface area contributed by atoms with Crippen LogP contribution in [0.15, 0.2) is 24.3 Å². The molecule has 0 heterocycles. The van der Waals surface area contributed by atoms with Crippen molar-refractivity contribution in [3.05, 3.63) is 35.4 Å². The standard InChI is InChI=1S/C24H40O7/c1-2-3-4-5-6-7-23(26)21-8-10-22(11-9-21)24(27)20-31-19-18-30-17-16-29-15-14-28-13-12-25/h8-11,24-25,27H,2-7,12-20H2,1H3. The molecule has 0 aliphatic rings. The van der Waals surface area contributed by atoms with Gasteiger partial charge in [-0.05, 0) is 12.0 Å². The lowest BCUT2D eigenvalue weighted by Gasteiger charge is -2.12. The Hall–Kier alpha value is -1.35. The number of ether oxygens (including phenoxy) is 4. The topological polar surface area (TPSA) is 94.5 Å². The minimum Gasteiger partial charge on any atom is -0.394 e. The number of unbranched alkanes of at least 4 members (excludes halogenated alkanes) is 4. The summed E-state index contributed by atoms with van der Waals surface area (Å²) in [7, 11) is 0. The molecule has 0 aromatic heterocycles. The van der Waals surface area contributed by atoms with Crippen molar-refractivity contribution in [2.75, 3.05) is 59.5 Å². The minimum absolute atomic E-state index is 0.0159. The van der Waals surface area contributed by atoms with Crippen LogP contribution in [0.1, 0.15) is 67.5 Å². The van der Waals surface area contributed by atoms with Crippen molar-refractivity contribution in [2.45, 2.75) is 51.6 Å². The predicted molar refractivity (Wildman–Crippen MR) is 119 cm³/mol. The minimum atomic E-state index is -0.736. The van der Waals surface area contributed by atoms with Crippen LogP contribution in [-0.2, 0) is 18.9 Å². The second-order valence-corrected chi connectivity index (χ2v) is 7.36. The molecule has 1 atom stereocenters. The summed E-state index contributed by atoms with van der Waals surface area (Å²) in [5.74, 6) is 0.160. The van der Waals surface area contributed by atoms with Crippen LogP contribution < -0.4 is 0 Å². The number of rotatable bonds is 21. The van der Waals surface area contributed by atoms with Crippen molar-refractivity contribution >= 4 is 5.78 Å². The molecule has 7 nitrogen and oxygen atoms in total. The van der Waals surface area contributed by atoms with Crippen molar-refractivity contribution in [3.8, 4) is 0 Å². The maximum absolute atomic E-state index is 12.2. The molecule has 0 saturated carbocycles. The van der Waals surface area contributed by atoms with E-state index in [1.165, 1.54) is 19.3 Å². The number of aliphatic hydroxyl groups is 2. The highest BCUT2D eigenvalue weighted by molar-refractivity contribution is 5.96. The van der Waals surface area contributed by atoms with Crippen LogP contribution in [0.25, 0.3) is 0 Å². The molecule has 1 rings (SSSR count). The Bertz CT molecular complexity index is 547. The normalized spacial score (nSPS) is 12.2. The molecular weight excluding hydrogens is 400 g/mol. The Morgan fingerprint density at radius 1 is 0.806 bits per heavy atom. The number of benzene rings is 1. The highest BCUT2D eigenvalue weighted by atomic mass is 16.6. The molecule has 0 aliphatic heterocycles. The van der Waals surface area contributed by atoms with Crippen LogP contribution in [0.2, 0.25) is 0 Å². The Morgan fingerprint density at radius 3 is 1.94 bits per heavy atom. The molecule has 0 radical (unpaired) electrons. The monoisotopic (exact) mass is 440 g/mol. The molecule has 178 valence electrons. The molecule has 0 fully saturated rings. The largest absolute Gasteiger partial charge is 0.394 e.